The minimum absolute atomic E-state index is 0.597. The van der Waals surface area contributed by atoms with Crippen LogP contribution in [0.4, 0.5) is 0 Å². The lowest BCUT2D eigenvalue weighted by atomic mass is 10.2. The van der Waals surface area contributed by atoms with E-state index in [1.807, 2.05) is 7.05 Å². The van der Waals surface area contributed by atoms with E-state index in [1.165, 1.54) is 5.57 Å². The van der Waals surface area contributed by atoms with Crippen LogP contribution in [0.3, 0.4) is 0 Å². The molecule has 0 atom stereocenters. The minimum atomic E-state index is 0.597. The highest BCUT2D eigenvalue weighted by Gasteiger charge is 2.08. The lowest BCUT2D eigenvalue weighted by Gasteiger charge is -2.24. The molecule has 0 aliphatic rings. The number of rotatable bonds is 8. The van der Waals surface area contributed by atoms with Gasteiger partial charge in [0.25, 0.3) is 0 Å². The van der Waals surface area contributed by atoms with Crippen molar-refractivity contribution in [2.45, 2.75) is 20.3 Å². The average molecular weight is 209 g/mol. The fourth-order valence-electron chi connectivity index (χ4n) is 1.58. The van der Waals surface area contributed by atoms with Gasteiger partial charge in [-0.15, -0.1) is 0 Å². The van der Waals surface area contributed by atoms with Gasteiger partial charge in [0, 0.05) is 32.6 Å². The van der Waals surface area contributed by atoms with Crippen LogP contribution in [0.1, 0.15) is 20.3 Å². The van der Waals surface area contributed by atoms with Crippen LogP contribution >= 0.6 is 0 Å². The van der Waals surface area contributed by atoms with Crippen LogP contribution < -0.4 is 5.32 Å². The summed E-state index contributed by atoms with van der Waals surface area (Å²) in [6, 6.07) is 2.19. The van der Waals surface area contributed by atoms with E-state index in [0.29, 0.717) is 12.3 Å². The Balaban J connectivity index is 4.00. The number of likely N-dealkylation sites (N-methyl/N-ethyl adjacent to an activating group) is 1. The molecule has 0 rings (SSSR count). The summed E-state index contributed by atoms with van der Waals surface area (Å²) in [6.07, 6.45) is 0.597. The van der Waals surface area contributed by atoms with Gasteiger partial charge in [-0.2, -0.15) is 5.26 Å². The first-order chi connectivity index (χ1) is 7.10. The standard InChI is InChI=1S/C12H23N3/c1-11(2)9-15(7-5-6-13)10-12(3)8-14-4/h11,14H,3,5,7-10H2,1-2,4H3. The van der Waals surface area contributed by atoms with Crippen LogP contribution in [0.25, 0.3) is 0 Å². The van der Waals surface area contributed by atoms with Crippen LogP contribution in [-0.2, 0) is 0 Å². The van der Waals surface area contributed by atoms with Gasteiger partial charge in [-0.3, -0.25) is 4.90 Å². The molecule has 0 unspecified atom stereocenters. The first-order valence-electron chi connectivity index (χ1n) is 5.50. The first-order valence-corrected chi connectivity index (χ1v) is 5.50. The molecule has 0 aromatic heterocycles. The summed E-state index contributed by atoms with van der Waals surface area (Å²) in [5, 5.41) is 11.7. The first kappa shape index (κ1) is 14.2. The Labute approximate surface area is 93.8 Å². The third kappa shape index (κ3) is 8.17. The summed E-state index contributed by atoms with van der Waals surface area (Å²) in [7, 11) is 1.92. The molecule has 3 heteroatoms. The quantitative estimate of drug-likeness (QED) is 0.618. The molecule has 0 aromatic carbocycles. The molecule has 1 N–H and O–H groups in total. The molecule has 0 aliphatic carbocycles. The second-order valence-corrected chi connectivity index (χ2v) is 4.32. The predicted octanol–water partition coefficient (Wildman–Crippen LogP) is 1.63. The zero-order chi connectivity index (χ0) is 11.7. The van der Waals surface area contributed by atoms with Gasteiger partial charge in [0.2, 0.25) is 0 Å². The van der Waals surface area contributed by atoms with E-state index in [1.54, 1.807) is 0 Å². The Morgan fingerprint density at radius 2 is 2.20 bits per heavy atom. The van der Waals surface area contributed by atoms with Crippen molar-refractivity contribution < 1.29 is 0 Å². The zero-order valence-electron chi connectivity index (χ0n) is 10.2. The van der Waals surface area contributed by atoms with Crippen molar-refractivity contribution in [1.82, 2.24) is 10.2 Å². The highest BCUT2D eigenvalue weighted by molar-refractivity contribution is 4.99. The molecule has 0 saturated carbocycles. The van der Waals surface area contributed by atoms with E-state index in [0.717, 1.165) is 26.2 Å². The molecular weight excluding hydrogens is 186 g/mol. The molecule has 0 bridgehead atoms. The molecule has 0 radical (unpaired) electrons. The van der Waals surface area contributed by atoms with E-state index in [9.17, 15) is 0 Å². The zero-order valence-corrected chi connectivity index (χ0v) is 10.2. The maximum absolute atomic E-state index is 8.58. The topological polar surface area (TPSA) is 39.1 Å². The molecule has 0 spiro atoms. The van der Waals surface area contributed by atoms with Crippen LogP contribution in [0, 0.1) is 17.2 Å². The van der Waals surface area contributed by atoms with E-state index in [-0.39, 0.29) is 0 Å². The average Bonchev–Trinajstić information content (AvgIpc) is 2.13. The van der Waals surface area contributed by atoms with Gasteiger partial charge < -0.3 is 5.32 Å². The number of nitrogens with one attached hydrogen (secondary N) is 1. The summed E-state index contributed by atoms with van der Waals surface area (Å²) in [6.45, 7) is 12.0. The number of hydrogen-bond acceptors (Lipinski definition) is 3. The molecule has 3 nitrogen and oxygen atoms in total. The lowest BCUT2D eigenvalue weighted by molar-refractivity contribution is 0.267. The van der Waals surface area contributed by atoms with Crippen molar-refractivity contribution in [2.75, 3.05) is 33.2 Å². The molecule has 0 heterocycles. The fraction of sp³-hybridized carbons (Fsp3) is 0.750. The summed E-state index contributed by atoms with van der Waals surface area (Å²) >= 11 is 0. The van der Waals surface area contributed by atoms with Crippen LogP contribution in [0.2, 0.25) is 0 Å². The van der Waals surface area contributed by atoms with Crippen molar-refractivity contribution >= 4 is 0 Å². The molecule has 0 fully saturated rings. The van der Waals surface area contributed by atoms with Crippen LogP contribution in [0.5, 0.6) is 0 Å². The highest BCUT2D eigenvalue weighted by Crippen LogP contribution is 2.03. The molecule has 0 aliphatic heterocycles. The highest BCUT2D eigenvalue weighted by atomic mass is 15.1. The third-order valence-electron chi connectivity index (χ3n) is 2.04. The Morgan fingerprint density at radius 1 is 1.53 bits per heavy atom. The summed E-state index contributed by atoms with van der Waals surface area (Å²) in [5.74, 6) is 0.631. The van der Waals surface area contributed by atoms with E-state index in [4.69, 9.17) is 5.26 Å². The number of nitriles is 1. The molecule has 0 saturated heterocycles. The van der Waals surface area contributed by atoms with Crippen LogP contribution in [-0.4, -0.2) is 38.1 Å². The summed E-state index contributed by atoms with van der Waals surface area (Å²) in [5.41, 5.74) is 1.18. The SMILES string of the molecule is C=C(CNC)CN(CCC#N)CC(C)C. The monoisotopic (exact) mass is 209 g/mol. The number of nitrogens with zero attached hydrogens (tertiary/aromatic N) is 2. The Bertz CT molecular complexity index is 215. The van der Waals surface area contributed by atoms with E-state index >= 15 is 0 Å². The van der Waals surface area contributed by atoms with Gasteiger partial charge in [-0.05, 0) is 18.5 Å². The normalized spacial score (nSPS) is 10.7. The van der Waals surface area contributed by atoms with Crippen molar-refractivity contribution in [3.8, 4) is 6.07 Å². The van der Waals surface area contributed by atoms with Gasteiger partial charge in [0.05, 0.1) is 6.07 Å². The molecule has 0 amide bonds. The molecular formula is C12H23N3. The van der Waals surface area contributed by atoms with Gasteiger partial charge in [0.15, 0.2) is 0 Å². The van der Waals surface area contributed by atoms with Crippen molar-refractivity contribution in [1.29, 1.82) is 5.26 Å². The maximum Gasteiger partial charge on any atom is 0.0635 e. The smallest absolute Gasteiger partial charge is 0.0635 e. The molecule has 86 valence electrons. The van der Waals surface area contributed by atoms with Crippen molar-refractivity contribution in [3.63, 3.8) is 0 Å². The van der Waals surface area contributed by atoms with Crippen molar-refractivity contribution in [2.24, 2.45) is 5.92 Å². The third-order valence-corrected chi connectivity index (χ3v) is 2.04. The molecule has 15 heavy (non-hydrogen) atoms. The Morgan fingerprint density at radius 3 is 2.67 bits per heavy atom. The van der Waals surface area contributed by atoms with Gasteiger partial charge in [0.1, 0.15) is 0 Å². The van der Waals surface area contributed by atoms with Crippen LogP contribution in [0.15, 0.2) is 12.2 Å². The predicted molar refractivity (Wildman–Crippen MR) is 64.6 cm³/mol. The summed E-state index contributed by atoms with van der Waals surface area (Å²) in [4.78, 5) is 2.30. The van der Waals surface area contributed by atoms with E-state index < -0.39 is 0 Å². The second kappa shape index (κ2) is 8.46. The van der Waals surface area contributed by atoms with Gasteiger partial charge in [-0.25, -0.2) is 0 Å². The largest absolute Gasteiger partial charge is 0.316 e. The summed E-state index contributed by atoms with van der Waals surface area (Å²) < 4.78 is 0. The Kier molecular flexibility index (Phi) is 7.98. The fourth-order valence-corrected chi connectivity index (χ4v) is 1.58. The van der Waals surface area contributed by atoms with E-state index in [2.05, 4.69) is 36.7 Å². The Hall–Kier alpha value is -0.850. The maximum atomic E-state index is 8.58. The lowest BCUT2D eigenvalue weighted by Crippen LogP contribution is -2.32. The van der Waals surface area contributed by atoms with Gasteiger partial charge >= 0.3 is 0 Å². The van der Waals surface area contributed by atoms with Crippen molar-refractivity contribution in [3.05, 3.63) is 12.2 Å². The van der Waals surface area contributed by atoms with Gasteiger partial charge in [-0.1, -0.05) is 20.4 Å². The minimum Gasteiger partial charge on any atom is -0.316 e. The second-order valence-electron chi connectivity index (χ2n) is 4.32. The number of hydrogen-bond donors (Lipinski definition) is 1. The molecule has 0 aromatic rings.